The van der Waals surface area contributed by atoms with Gasteiger partial charge in [-0.2, -0.15) is 0 Å². The molecule has 1 aromatic carbocycles. The predicted octanol–water partition coefficient (Wildman–Crippen LogP) is 2.70. The van der Waals surface area contributed by atoms with Crippen LogP contribution in [0.1, 0.15) is 36.5 Å². The van der Waals surface area contributed by atoms with Crippen molar-refractivity contribution in [2.45, 2.75) is 38.4 Å². The van der Waals surface area contributed by atoms with Gasteiger partial charge in [0.05, 0.1) is 12.2 Å². The molecule has 2 N–H and O–H groups in total. The van der Waals surface area contributed by atoms with E-state index in [4.69, 9.17) is 10.5 Å². The van der Waals surface area contributed by atoms with Crippen LogP contribution < -0.4 is 5.73 Å². The highest BCUT2D eigenvalue weighted by atomic mass is 19.1. The molecule has 0 radical (unpaired) electrons. The molecule has 0 aliphatic carbocycles. The molecule has 1 aromatic rings. The molecule has 0 bridgehead atoms. The maximum absolute atomic E-state index is 13.4. The van der Waals surface area contributed by atoms with Crippen LogP contribution in [0.3, 0.4) is 0 Å². The lowest BCUT2D eigenvalue weighted by atomic mass is 9.97. The molecule has 2 nitrogen and oxygen atoms in total. The third kappa shape index (κ3) is 2.42. The van der Waals surface area contributed by atoms with E-state index in [0.29, 0.717) is 12.1 Å². The molecule has 0 amide bonds. The molecular weight excluding hydrogens is 205 g/mol. The Bertz CT molecular complexity index is 367. The predicted molar refractivity (Wildman–Crippen MR) is 61.7 cm³/mol. The summed E-state index contributed by atoms with van der Waals surface area (Å²) in [5.41, 5.74) is 7.21. The first-order chi connectivity index (χ1) is 7.70. The Kier molecular flexibility index (Phi) is 3.56. The SMILES string of the molecule is Cc1ccc(C2CCCC(CN)O2)cc1F. The summed E-state index contributed by atoms with van der Waals surface area (Å²) in [6.07, 6.45) is 3.21. The molecule has 0 aromatic heterocycles. The highest BCUT2D eigenvalue weighted by Gasteiger charge is 2.23. The Hall–Kier alpha value is -0.930. The zero-order valence-corrected chi connectivity index (χ0v) is 9.58. The van der Waals surface area contributed by atoms with Crippen molar-refractivity contribution in [3.63, 3.8) is 0 Å². The average molecular weight is 223 g/mol. The van der Waals surface area contributed by atoms with Gasteiger partial charge in [-0.1, -0.05) is 12.1 Å². The highest BCUT2D eigenvalue weighted by molar-refractivity contribution is 5.25. The second kappa shape index (κ2) is 4.93. The fourth-order valence-electron chi connectivity index (χ4n) is 2.13. The highest BCUT2D eigenvalue weighted by Crippen LogP contribution is 2.31. The third-order valence-electron chi connectivity index (χ3n) is 3.18. The molecule has 0 spiro atoms. The van der Waals surface area contributed by atoms with Crippen LogP contribution in [-0.2, 0) is 4.74 Å². The molecule has 1 heterocycles. The average Bonchev–Trinajstić information content (AvgIpc) is 2.33. The van der Waals surface area contributed by atoms with Crippen LogP contribution in [0.4, 0.5) is 4.39 Å². The Morgan fingerprint density at radius 2 is 2.25 bits per heavy atom. The van der Waals surface area contributed by atoms with Gasteiger partial charge in [-0.3, -0.25) is 0 Å². The van der Waals surface area contributed by atoms with Gasteiger partial charge in [0.15, 0.2) is 0 Å². The van der Waals surface area contributed by atoms with Crippen LogP contribution in [0.5, 0.6) is 0 Å². The summed E-state index contributed by atoms with van der Waals surface area (Å²) in [5.74, 6) is -0.157. The van der Waals surface area contributed by atoms with E-state index in [0.717, 1.165) is 24.8 Å². The van der Waals surface area contributed by atoms with Crippen molar-refractivity contribution >= 4 is 0 Å². The third-order valence-corrected chi connectivity index (χ3v) is 3.18. The smallest absolute Gasteiger partial charge is 0.126 e. The summed E-state index contributed by atoms with van der Waals surface area (Å²) in [5, 5.41) is 0. The number of rotatable bonds is 2. The molecule has 2 unspecified atom stereocenters. The lowest BCUT2D eigenvalue weighted by Crippen LogP contribution is -2.29. The maximum Gasteiger partial charge on any atom is 0.126 e. The van der Waals surface area contributed by atoms with Gasteiger partial charge in [0, 0.05) is 6.54 Å². The quantitative estimate of drug-likeness (QED) is 0.836. The van der Waals surface area contributed by atoms with Crippen LogP contribution in [0.25, 0.3) is 0 Å². The molecular formula is C13H18FNO. The van der Waals surface area contributed by atoms with Crippen molar-refractivity contribution in [1.82, 2.24) is 0 Å². The first-order valence-corrected chi connectivity index (χ1v) is 5.82. The van der Waals surface area contributed by atoms with E-state index in [1.54, 1.807) is 19.1 Å². The number of halogens is 1. The first-order valence-electron chi connectivity index (χ1n) is 5.82. The number of benzene rings is 1. The molecule has 1 aliphatic heterocycles. The van der Waals surface area contributed by atoms with Gasteiger partial charge >= 0.3 is 0 Å². The summed E-state index contributed by atoms with van der Waals surface area (Å²) < 4.78 is 19.3. The van der Waals surface area contributed by atoms with E-state index < -0.39 is 0 Å². The van der Waals surface area contributed by atoms with Crippen LogP contribution in [0.15, 0.2) is 18.2 Å². The molecule has 88 valence electrons. The van der Waals surface area contributed by atoms with E-state index in [2.05, 4.69) is 0 Å². The minimum absolute atomic E-state index is 0.0115. The molecule has 2 atom stereocenters. The van der Waals surface area contributed by atoms with Gasteiger partial charge in [-0.15, -0.1) is 0 Å². The van der Waals surface area contributed by atoms with Crippen LogP contribution in [0, 0.1) is 12.7 Å². The van der Waals surface area contributed by atoms with Crippen molar-refractivity contribution < 1.29 is 9.13 Å². The molecule has 0 saturated carbocycles. The minimum atomic E-state index is -0.157. The summed E-state index contributed by atoms with van der Waals surface area (Å²) in [6.45, 7) is 2.31. The summed E-state index contributed by atoms with van der Waals surface area (Å²) in [7, 11) is 0. The van der Waals surface area contributed by atoms with Gasteiger partial charge in [0.2, 0.25) is 0 Å². The van der Waals surface area contributed by atoms with Crippen molar-refractivity contribution in [1.29, 1.82) is 0 Å². The van der Waals surface area contributed by atoms with Gasteiger partial charge in [0.25, 0.3) is 0 Å². The number of hydrogen-bond acceptors (Lipinski definition) is 2. The lowest BCUT2D eigenvalue weighted by Gasteiger charge is -2.29. The number of aryl methyl sites for hydroxylation is 1. The zero-order chi connectivity index (χ0) is 11.5. The first kappa shape index (κ1) is 11.6. The summed E-state index contributed by atoms with van der Waals surface area (Å²) in [6, 6.07) is 5.33. The van der Waals surface area contributed by atoms with Gasteiger partial charge in [0.1, 0.15) is 5.82 Å². The molecule has 3 heteroatoms. The molecule has 1 saturated heterocycles. The second-order valence-electron chi connectivity index (χ2n) is 4.42. The second-order valence-corrected chi connectivity index (χ2v) is 4.42. The van der Waals surface area contributed by atoms with Gasteiger partial charge in [-0.05, 0) is 43.4 Å². The lowest BCUT2D eigenvalue weighted by molar-refractivity contribution is -0.0463. The Morgan fingerprint density at radius 1 is 1.44 bits per heavy atom. The molecule has 2 rings (SSSR count). The normalized spacial score (nSPS) is 25.7. The maximum atomic E-state index is 13.4. The monoisotopic (exact) mass is 223 g/mol. The van der Waals surface area contributed by atoms with Crippen molar-refractivity contribution in [2.24, 2.45) is 5.73 Å². The van der Waals surface area contributed by atoms with Crippen molar-refractivity contribution in [2.75, 3.05) is 6.54 Å². The summed E-state index contributed by atoms with van der Waals surface area (Å²) >= 11 is 0. The van der Waals surface area contributed by atoms with Crippen LogP contribution >= 0.6 is 0 Å². The van der Waals surface area contributed by atoms with E-state index in [-0.39, 0.29) is 18.0 Å². The van der Waals surface area contributed by atoms with E-state index in [1.165, 1.54) is 0 Å². The van der Waals surface area contributed by atoms with E-state index >= 15 is 0 Å². The molecule has 1 aliphatic rings. The molecule has 1 fully saturated rings. The Morgan fingerprint density at radius 3 is 2.94 bits per heavy atom. The van der Waals surface area contributed by atoms with Gasteiger partial charge in [-0.25, -0.2) is 4.39 Å². The van der Waals surface area contributed by atoms with Gasteiger partial charge < -0.3 is 10.5 Å². The fraction of sp³-hybridized carbons (Fsp3) is 0.538. The fourth-order valence-corrected chi connectivity index (χ4v) is 2.13. The van der Waals surface area contributed by atoms with Crippen LogP contribution in [-0.4, -0.2) is 12.6 Å². The largest absolute Gasteiger partial charge is 0.369 e. The Balaban J connectivity index is 2.13. The summed E-state index contributed by atoms with van der Waals surface area (Å²) in [4.78, 5) is 0. The topological polar surface area (TPSA) is 35.2 Å². The molecule has 16 heavy (non-hydrogen) atoms. The van der Waals surface area contributed by atoms with E-state index in [1.807, 2.05) is 6.07 Å². The number of hydrogen-bond donors (Lipinski definition) is 1. The van der Waals surface area contributed by atoms with Crippen LogP contribution in [0.2, 0.25) is 0 Å². The van der Waals surface area contributed by atoms with Crippen molar-refractivity contribution in [3.05, 3.63) is 35.1 Å². The minimum Gasteiger partial charge on any atom is -0.369 e. The number of nitrogens with two attached hydrogens (primary N) is 1. The van der Waals surface area contributed by atoms with Crippen molar-refractivity contribution in [3.8, 4) is 0 Å². The Labute approximate surface area is 95.6 Å². The zero-order valence-electron chi connectivity index (χ0n) is 9.58. The standard InChI is InChI=1S/C13H18FNO/c1-9-5-6-10(7-12(9)14)13-4-2-3-11(8-15)16-13/h5-7,11,13H,2-4,8,15H2,1H3. The number of ether oxygens (including phenoxy) is 1. The van der Waals surface area contributed by atoms with E-state index in [9.17, 15) is 4.39 Å².